The fourth-order valence-corrected chi connectivity index (χ4v) is 5.74. The predicted octanol–water partition coefficient (Wildman–Crippen LogP) is 6.17. The highest BCUT2D eigenvalue weighted by atomic mass is 19.1. The summed E-state index contributed by atoms with van der Waals surface area (Å²) in [4.78, 5) is 39.8. The van der Waals surface area contributed by atoms with Crippen LogP contribution < -0.4 is 4.90 Å². The van der Waals surface area contributed by atoms with E-state index in [0.29, 0.717) is 42.1 Å². The largest absolute Gasteiger partial charge is 0.444 e. The first-order valence-electron chi connectivity index (χ1n) is 14.6. The Balaban J connectivity index is 1.43. The van der Waals surface area contributed by atoms with Gasteiger partial charge < -0.3 is 9.64 Å². The van der Waals surface area contributed by atoms with E-state index in [2.05, 4.69) is 15.3 Å². The summed E-state index contributed by atoms with van der Waals surface area (Å²) in [5, 5.41) is 9.99. The van der Waals surface area contributed by atoms with Gasteiger partial charge in [0.15, 0.2) is 5.65 Å². The zero-order valence-electron chi connectivity index (χ0n) is 25.4. The van der Waals surface area contributed by atoms with Crippen LogP contribution in [0.15, 0.2) is 60.9 Å². The van der Waals surface area contributed by atoms with Crippen molar-refractivity contribution < 1.29 is 18.7 Å². The number of nitrogens with zero attached hydrogens (tertiary/aromatic N) is 7. The summed E-state index contributed by atoms with van der Waals surface area (Å²) in [6.07, 6.45) is 4.08. The smallest absolute Gasteiger partial charge is 0.410 e. The van der Waals surface area contributed by atoms with Crippen LogP contribution in [0.2, 0.25) is 0 Å². The molecule has 10 nitrogen and oxygen atoms in total. The monoisotopic (exact) mass is 595 g/mol. The van der Waals surface area contributed by atoms with Crippen molar-refractivity contribution in [2.24, 2.45) is 0 Å². The summed E-state index contributed by atoms with van der Waals surface area (Å²) >= 11 is 0. The van der Waals surface area contributed by atoms with Crippen LogP contribution in [0.3, 0.4) is 0 Å². The number of pyridine rings is 2. The van der Waals surface area contributed by atoms with E-state index in [-0.39, 0.29) is 12.1 Å². The Labute approximate surface area is 254 Å². The first-order valence-corrected chi connectivity index (χ1v) is 14.6. The lowest BCUT2D eigenvalue weighted by Crippen LogP contribution is -2.53. The molecule has 44 heavy (non-hydrogen) atoms. The zero-order valence-corrected chi connectivity index (χ0v) is 25.4. The Morgan fingerprint density at radius 3 is 2.59 bits per heavy atom. The molecule has 4 heterocycles. The van der Waals surface area contributed by atoms with Gasteiger partial charge in [0.1, 0.15) is 22.8 Å². The highest BCUT2D eigenvalue weighted by molar-refractivity contribution is 6.11. The number of ether oxygens (including phenoxy) is 1. The first kappa shape index (κ1) is 29.2. The molecule has 0 aliphatic carbocycles. The quantitative estimate of drug-likeness (QED) is 0.245. The molecule has 1 aliphatic rings. The number of anilines is 1. The lowest BCUT2D eigenvalue weighted by molar-refractivity contribution is 0.0196. The summed E-state index contributed by atoms with van der Waals surface area (Å²) < 4.78 is 23.0. The Bertz CT molecular complexity index is 1900. The number of aromatic nitrogens is 5. The second-order valence-electron chi connectivity index (χ2n) is 12.2. The van der Waals surface area contributed by atoms with E-state index in [1.54, 1.807) is 40.4 Å². The molecule has 1 fully saturated rings. The molecule has 0 N–H and O–H groups in total. The second kappa shape index (κ2) is 11.3. The van der Waals surface area contributed by atoms with Gasteiger partial charge in [0.25, 0.3) is 5.91 Å². The minimum absolute atomic E-state index is 0.121. The summed E-state index contributed by atoms with van der Waals surface area (Å²) in [6.45, 7) is 10.1. The van der Waals surface area contributed by atoms with E-state index in [1.807, 2.05) is 52.8 Å². The highest BCUT2D eigenvalue weighted by Gasteiger charge is 2.36. The molecule has 11 heteroatoms. The van der Waals surface area contributed by atoms with Gasteiger partial charge in [-0.3, -0.25) is 9.69 Å². The lowest BCUT2D eigenvalue weighted by Gasteiger charge is -2.39. The van der Waals surface area contributed by atoms with Crippen LogP contribution in [-0.4, -0.2) is 66.6 Å². The molecule has 5 aromatic rings. The molecule has 0 radical (unpaired) electrons. The van der Waals surface area contributed by atoms with Gasteiger partial charge in [-0.05, 0) is 94.3 Å². The molecule has 0 spiro atoms. The van der Waals surface area contributed by atoms with Gasteiger partial charge in [-0.25, -0.2) is 19.2 Å². The van der Waals surface area contributed by atoms with Crippen molar-refractivity contribution >= 4 is 39.8 Å². The van der Waals surface area contributed by atoms with Crippen molar-refractivity contribution in [1.82, 2.24) is 29.9 Å². The number of carbonyl (C=O) groups excluding carboxylic acids is 2. The topological polar surface area (TPSA) is 106 Å². The number of hydrogen-bond donors (Lipinski definition) is 0. The van der Waals surface area contributed by atoms with E-state index < -0.39 is 29.5 Å². The van der Waals surface area contributed by atoms with E-state index >= 15 is 4.39 Å². The molecule has 0 unspecified atom stereocenters. The molecule has 6 rings (SSSR count). The number of halogens is 1. The van der Waals surface area contributed by atoms with Crippen LogP contribution in [0, 0.1) is 19.7 Å². The minimum Gasteiger partial charge on any atom is -0.444 e. The molecule has 3 aromatic heterocycles. The molecule has 1 saturated heterocycles. The van der Waals surface area contributed by atoms with Crippen molar-refractivity contribution in [2.45, 2.75) is 59.1 Å². The first-order chi connectivity index (χ1) is 21.0. The molecule has 1 aliphatic heterocycles. The number of fused-ring (bicyclic) bond motifs is 2. The number of likely N-dealkylation sites (tertiary alicyclic amines) is 1. The zero-order chi connectivity index (χ0) is 31.2. The van der Waals surface area contributed by atoms with Gasteiger partial charge >= 0.3 is 6.09 Å². The Morgan fingerprint density at radius 1 is 1.02 bits per heavy atom. The molecule has 0 saturated carbocycles. The van der Waals surface area contributed by atoms with Crippen LogP contribution in [0.4, 0.5) is 15.0 Å². The number of rotatable bonds is 4. The van der Waals surface area contributed by atoms with E-state index in [9.17, 15) is 9.59 Å². The van der Waals surface area contributed by atoms with Crippen LogP contribution in [0.1, 0.15) is 55.1 Å². The average Bonchev–Trinajstić information content (AvgIpc) is 3.43. The molecule has 0 bridgehead atoms. The third kappa shape index (κ3) is 5.45. The van der Waals surface area contributed by atoms with Crippen molar-refractivity contribution in [1.29, 1.82) is 0 Å². The number of aryl methyl sites for hydroxylation is 2. The average molecular weight is 596 g/mol. The van der Waals surface area contributed by atoms with Crippen LogP contribution in [0.25, 0.3) is 27.6 Å². The number of amides is 2. The third-order valence-electron chi connectivity index (χ3n) is 7.83. The summed E-state index contributed by atoms with van der Waals surface area (Å²) in [5.41, 5.74) is 2.61. The Kier molecular flexibility index (Phi) is 7.48. The van der Waals surface area contributed by atoms with Crippen molar-refractivity contribution in [3.8, 4) is 5.69 Å². The van der Waals surface area contributed by atoms with Crippen LogP contribution in [-0.2, 0) is 4.74 Å². The molecular weight excluding hydrogens is 561 g/mol. The van der Waals surface area contributed by atoms with Gasteiger partial charge in [0.2, 0.25) is 0 Å². The van der Waals surface area contributed by atoms with Crippen LogP contribution in [0.5, 0.6) is 0 Å². The number of carbonyl (C=O) groups is 2. The van der Waals surface area contributed by atoms with E-state index in [1.165, 1.54) is 16.8 Å². The normalized spacial score (nSPS) is 15.5. The molecule has 2 amide bonds. The fourth-order valence-electron chi connectivity index (χ4n) is 5.74. The van der Waals surface area contributed by atoms with Crippen molar-refractivity contribution in [3.63, 3.8) is 0 Å². The number of piperidine rings is 1. The van der Waals surface area contributed by atoms with Crippen molar-refractivity contribution in [3.05, 3.63) is 83.4 Å². The maximum absolute atomic E-state index is 15.9. The minimum atomic E-state index is -0.718. The third-order valence-corrected chi connectivity index (χ3v) is 7.83. The van der Waals surface area contributed by atoms with E-state index in [0.717, 1.165) is 21.9 Å². The SMILES string of the molecule is Cc1ccc(C)c2c(N(C(=O)c3ccc(-n4nnc5cccnc54)cc3F)[C@@H]3CCCN(C(=O)OC(C)(C)C)C3)nccc12. The van der Waals surface area contributed by atoms with Gasteiger partial charge in [-0.2, -0.15) is 4.68 Å². The van der Waals surface area contributed by atoms with Gasteiger partial charge in [0, 0.05) is 36.9 Å². The Morgan fingerprint density at radius 2 is 1.82 bits per heavy atom. The Hall–Kier alpha value is -4.93. The van der Waals surface area contributed by atoms with Gasteiger partial charge in [-0.1, -0.05) is 17.3 Å². The van der Waals surface area contributed by atoms with E-state index in [4.69, 9.17) is 9.72 Å². The van der Waals surface area contributed by atoms with Crippen molar-refractivity contribution in [2.75, 3.05) is 18.0 Å². The maximum atomic E-state index is 15.9. The summed E-state index contributed by atoms with van der Waals surface area (Å²) in [6, 6.07) is 13.3. The molecule has 2 aromatic carbocycles. The molecule has 1 atom stereocenters. The number of benzene rings is 2. The van der Waals surface area contributed by atoms with Gasteiger partial charge in [0.05, 0.1) is 17.3 Å². The summed E-state index contributed by atoms with van der Waals surface area (Å²) in [5.74, 6) is -0.836. The van der Waals surface area contributed by atoms with Crippen LogP contribution >= 0.6 is 0 Å². The summed E-state index contributed by atoms with van der Waals surface area (Å²) in [7, 11) is 0. The van der Waals surface area contributed by atoms with Gasteiger partial charge in [-0.15, -0.1) is 5.10 Å². The standard InChI is InChI=1S/C33H34FN7O3/c1-20-10-11-21(2)28-24(20)14-16-36-30(28)40(23-8-7-17-39(19-23)32(43)44-33(3,4)5)31(42)25-13-12-22(18-26(25)34)41-29-27(37-38-41)9-6-15-35-29/h6,9-16,18,23H,7-8,17,19H2,1-5H3/t23-/m1/s1. The molecule has 226 valence electrons. The molecular formula is C33H34FN7O3. The maximum Gasteiger partial charge on any atom is 0.410 e. The highest BCUT2D eigenvalue weighted by Crippen LogP contribution is 2.34. The fraction of sp³-hybridized carbons (Fsp3) is 0.333. The number of hydrogen-bond acceptors (Lipinski definition) is 7. The predicted molar refractivity (Wildman–Crippen MR) is 165 cm³/mol. The second-order valence-corrected chi connectivity index (χ2v) is 12.2. The lowest BCUT2D eigenvalue weighted by atomic mass is 9.98.